The summed E-state index contributed by atoms with van der Waals surface area (Å²) in [4.78, 5) is 22.3. The summed E-state index contributed by atoms with van der Waals surface area (Å²) in [5.74, 6) is -1.43. The van der Waals surface area contributed by atoms with Crippen LogP contribution in [0.2, 0.25) is 0 Å². The SMILES string of the molecule is O=C(NCCNc1ccccc1[N+](=O)[O-])NCc1cnn(-c2ccc(F)cc2F)c1. The van der Waals surface area contributed by atoms with E-state index in [1.165, 1.54) is 29.2 Å². The molecule has 0 unspecified atom stereocenters. The third-order valence-corrected chi connectivity index (χ3v) is 4.07. The number of para-hydroxylation sites is 2. The molecule has 0 aliphatic rings. The largest absolute Gasteiger partial charge is 0.378 e. The van der Waals surface area contributed by atoms with Crippen molar-refractivity contribution in [3.8, 4) is 5.69 Å². The predicted molar refractivity (Wildman–Crippen MR) is 105 cm³/mol. The molecule has 0 saturated carbocycles. The maximum absolute atomic E-state index is 13.8. The molecule has 3 rings (SSSR count). The molecular weight excluding hydrogens is 398 g/mol. The zero-order chi connectivity index (χ0) is 21.5. The lowest BCUT2D eigenvalue weighted by atomic mass is 10.2. The Labute approximate surface area is 169 Å². The predicted octanol–water partition coefficient (Wildman–Crippen LogP) is 2.97. The van der Waals surface area contributed by atoms with Crippen molar-refractivity contribution >= 4 is 17.4 Å². The van der Waals surface area contributed by atoms with Crippen molar-refractivity contribution in [2.75, 3.05) is 18.4 Å². The number of nitro benzene ring substituents is 1. The standard InChI is InChI=1S/C19H18F2N6O3/c20-14-5-6-17(15(21)9-14)26-12-13(11-25-26)10-24-19(28)23-8-7-22-16-3-1-2-4-18(16)27(29)30/h1-6,9,11-12,22H,7-8,10H2,(H2,23,24,28). The summed E-state index contributed by atoms with van der Waals surface area (Å²) in [6, 6.07) is 8.94. The number of nitro groups is 1. The quantitative estimate of drug-likeness (QED) is 0.297. The van der Waals surface area contributed by atoms with Gasteiger partial charge in [-0.2, -0.15) is 5.10 Å². The molecule has 0 saturated heterocycles. The highest BCUT2D eigenvalue weighted by molar-refractivity contribution is 5.73. The molecule has 2 amide bonds. The van der Waals surface area contributed by atoms with Crippen molar-refractivity contribution in [1.29, 1.82) is 0 Å². The molecule has 1 heterocycles. The van der Waals surface area contributed by atoms with Gasteiger partial charge < -0.3 is 16.0 Å². The number of carbonyl (C=O) groups is 1. The molecule has 0 aliphatic carbocycles. The fraction of sp³-hybridized carbons (Fsp3) is 0.158. The van der Waals surface area contributed by atoms with Gasteiger partial charge in [0.25, 0.3) is 5.69 Å². The molecule has 156 valence electrons. The lowest BCUT2D eigenvalue weighted by Gasteiger charge is -2.09. The normalized spacial score (nSPS) is 10.5. The number of urea groups is 1. The Morgan fingerprint density at radius 2 is 1.93 bits per heavy atom. The van der Waals surface area contributed by atoms with Crippen LogP contribution in [0, 0.1) is 21.7 Å². The van der Waals surface area contributed by atoms with E-state index in [9.17, 15) is 23.7 Å². The maximum Gasteiger partial charge on any atom is 0.315 e. The molecule has 0 bridgehead atoms. The molecule has 0 fully saturated rings. The minimum Gasteiger partial charge on any atom is -0.378 e. The third-order valence-electron chi connectivity index (χ3n) is 4.07. The number of rotatable bonds is 8. The van der Waals surface area contributed by atoms with Gasteiger partial charge in [0.2, 0.25) is 0 Å². The van der Waals surface area contributed by atoms with Crippen LogP contribution >= 0.6 is 0 Å². The van der Waals surface area contributed by atoms with Gasteiger partial charge in [-0.15, -0.1) is 0 Å². The van der Waals surface area contributed by atoms with Crippen molar-refractivity contribution in [2.24, 2.45) is 0 Å². The van der Waals surface area contributed by atoms with Crippen molar-refractivity contribution in [3.63, 3.8) is 0 Å². The van der Waals surface area contributed by atoms with Crippen LogP contribution < -0.4 is 16.0 Å². The van der Waals surface area contributed by atoms with Crippen molar-refractivity contribution in [2.45, 2.75) is 6.54 Å². The van der Waals surface area contributed by atoms with Gasteiger partial charge in [0, 0.05) is 43.5 Å². The first-order valence-corrected chi connectivity index (χ1v) is 8.92. The fourth-order valence-electron chi connectivity index (χ4n) is 2.65. The average Bonchev–Trinajstić information content (AvgIpc) is 3.18. The van der Waals surface area contributed by atoms with Gasteiger partial charge in [-0.3, -0.25) is 10.1 Å². The molecular formula is C19H18F2N6O3. The first kappa shape index (κ1) is 20.7. The molecule has 0 aliphatic heterocycles. The number of hydrogen-bond donors (Lipinski definition) is 3. The van der Waals surface area contributed by atoms with Gasteiger partial charge in [-0.05, 0) is 18.2 Å². The Hall–Kier alpha value is -4.02. The Morgan fingerprint density at radius 1 is 1.13 bits per heavy atom. The van der Waals surface area contributed by atoms with Crippen LogP contribution in [-0.2, 0) is 6.54 Å². The third kappa shape index (κ3) is 5.28. The number of benzene rings is 2. The average molecular weight is 416 g/mol. The second-order valence-electron chi connectivity index (χ2n) is 6.20. The number of nitrogens with one attached hydrogen (secondary N) is 3. The summed E-state index contributed by atoms with van der Waals surface area (Å²) in [6.07, 6.45) is 2.98. The van der Waals surface area contributed by atoms with Gasteiger partial charge in [-0.25, -0.2) is 18.3 Å². The first-order chi connectivity index (χ1) is 14.4. The maximum atomic E-state index is 13.8. The van der Waals surface area contributed by atoms with E-state index in [4.69, 9.17) is 0 Å². The van der Waals surface area contributed by atoms with Crippen LogP contribution in [0.3, 0.4) is 0 Å². The Balaban J connectivity index is 1.43. The summed E-state index contributed by atoms with van der Waals surface area (Å²) in [6.45, 7) is 0.671. The molecule has 3 aromatic rings. The Bertz CT molecular complexity index is 1060. The van der Waals surface area contributed by atoms with E-state index in [1.807, 2.05) is 0 Å². The van der Waals surface area contributed by atoms with Crippen LogP contribution in [0.5, 0.6) is 0 Å². The topological polar surface area (TPSA) is 114 Å². The van der Waals surface area contributed by atoms with Gasteiger partial charge in [0.1, 0.15) is 17.2 Å². The number of aromatic nitrogens is 2. The summed E-state index contributed by atoms with van der Waals surface area (Å²) >= 11 is 0. The minimum absolute atomic E-state index is 0.0449. The van der Waals surface area contributed by atoms with E-state index in [1.54, 1.807) is 18.2 Å². The summed E-state index contributed by atoms with van der Waals surface area (Å²) in [5.41, 5.74) is 1.03. The molecule has 30 heavy (non-hydrogen) atoms. The van der Waals surface area contributed by atoms with Crippen molar-refractivity contribution < 1.29 is 18.5 Å². The molecule has 1 aromatic heterocycles. The second-order valence-corrected chi connectivity index (χ2v) is 6.20. The van der Waals surface area contributed by atoms with E-state index in [0.29, 0.717) is 17.8 Å². The van der Waals surface area contributed by atoms with E-state index < -0.39 is 22.6 Å². The number of carbonyl (C=O) groups excluding carboxylic acids is 1. The zero-order valence-electron chi connectivity index (χ0n) is 15.6. The molecule has 2 aromatic carbocycles. The van der Waals surface area contributed by atoms with Crippen molar-refractivity contribution in [1.82, 2.24) is 20.4 Å². The van der Waals surface area contributed by atoms with Crippen LogP contribution in [-0.4, -0.2) is 33.8 Å². The number of halogens is 2. The number of anilines is 1. The number of nitrogens with zero attached hydrogens (tertiary/aromatic N) is 3. The number of amides is 2. The second kappa shape index (κ2) is 9.45. The Morgan fingerprint density at radius 3 is 2.70 bits per heavy atom. The minimum atomic E-state index is -0.749. The highest BCUT2D eigenvalue weighted by atomic mass is 19.1. The van der Waals surface area contributed by atoms with Crippen LogP contribution in [0.1, 0.15) is 5.56 Å². The van der Waals surface area contributed by atoms with E-state index in [2.05, 4.69) is 21.0 Å². The molecule has 9 nitrogen and oxygen atoms in total. The summed E-state index contributed by atoms with van der Waals surface area (Å²) < 4.78 is 28.0. The van der Waals surface area contributed by atoms with Crippen LogP contribution in [0.4, 0.5) is 25.0 Å². The van der Waals surface area contributed by atoms with Gasteiger partial charge in [0.15, 0.2) is 5.82 Å². The lowest BCUT2D eigenvalue weighted by molar-refractivity contribution is -0.384. The highest BCUT2D eigenvalue weighted by Gasteiger charge is 2.12. The molecule has 0 atom stereocenters. The molecule has 0 radical (unpaired) electrons. The summed E-state index contributed by atoms with van der Waals surface area (Å²) in [5, 5.41) is 23.1. The van der Waals surface area contributed by atoms with Crippen molar-refractivity contribution in [3.05, 3.63) is 82.2 Å². The van der Waals surface area contributed by atoms with Gasteiger partial charge in [-0.1, -0.05) is 12.1 Å². The molecule has 3 N–H and O–H groups in total. The Kier molecular flexibility index (Phi) is 6.53. The van der Waals surface area contributed by atoms with Crippen LogP contribution in [0.25, 0.3) is 5.69 Å². The lowest BCUT2D eigenvalue weighted by Crippen LogP contribution is -2.37. The zero-order valence-corrected chi connectivity index (χ0v) is 15.6. The van der Waals surface area contributed by atoms with E-state index >= 15 is 0 Å². The van der Waals surface area contributed by atoms with Crippen LogP contribution in [0.15, 0.2) is 54.9 Å². The fourth-order valence-corrected chi connectivity index (χ4v) is 2.65. The number of hydrogen-bond acceptors (Lipinski definition) is 5. The first-order valence-electron chi connectivity index (χ1n) is 8.92. The summed E-state index contributed by atoms with van der Waals surface area (Å²) in [7, 11) is 0. The smallest absolute Gasteiger partial charge is 0.315 e. The molecule has 0 spiro atoms. The monoisotopic (exact) mass is 416 g/mol. The highest BCUT2D eigenvalue weighted by Crippen LogP contribution is 2.22. The van der Waals surface area contributed by atoms with Gasteiger partial charge in [0.05, 0.1) is 11.1 Å². The van der Waals surface area contributed by atoms with E-state index in [0.717, 1.165) is 12.1 Å². The van der Waals surface area contributed by atoms with E-state index in [-0.39, 0.29) is 24.5 Å². The molecule has 11 heteroatoms. The van der Waals surface area contributed by atoms with Gasteiger partial charge >= 0.3 is 6.03 Å².